The Bertz CT molecular complexity index is 575. The van der Waals surface area contributed by atoms with E-state index >= 15 is 0 Å². The molecule has 1 atom stereocenters. The second-order valence-electron chi connectivity index (χ2n) is 5.00. The van der Waals surface area contributed by atoms with Crippen LogP contribution in [0, 0.1) is 0 Å². The second kappa shape index (κ2) is 5.82. The summed E-state index contributed by atoms with van der Waals surface area (Å²) in [5.74, 6) is 0.160. The third-order valence-corrected chi connectivity index (χ3v) is 3.08. The van der Waals surface area contributed by atoms with Crippen molar-refractivity contribution in [2.75, 3.05) is 0 Å². The summed E-state index contributed by atoms with van der Waals surface area (Å²) in [7, 11) is 0. The summed E-state index contributed by atoms with van der Waals surface area (Å²) in [5.41, 5.74) is -0.185. The normalized spacial score (nSPS) is 21.9. The summed E-state index contributed by atoms with van der Waals surface area (Å²) in [6.45, 7) is 3.24. The number of carbonyl (C=O) groups is 2. The van der Waals surface area contributed by atoms with Crippen LogP contribution in [-0.4, -0.2) is 23.2 Å². The van der Waals surface area contributed by atoms with Crippen LogP contribution >= 0.6 is 0 Å². The SMILES string of the molecule is CC(=O)C/C=C/C[C@@]1(C)OC(c2ccccc2)=NC1=O. The van der Waals surface area contributed by atoms with E-state index in [1.54, 1.807) is 19.1 Å². The van der Waals surface area contributed by atoms with Gasteiger partial charge in [-0.05, 0) is 26.0 Å². The number of carbonyl (C=O) groups excluding carboxylic acids is 2. The second-order valence-corrected chi connectivity index (χ2v) is 5.00. The Morgan fingerprint density at radius 3 is 2.65 bits per heavy atom. The zero-order chi connectivity index (χ0) is 14.6. The van der Waals surface area contributed by atoms with Crippen LogP contribution < -0.4 is 0 Å². The van der Waals surface area contributed by atoms with E-state index in [0.29, 0.717) is 18.7 Å². The fraction of sp³-hybridized carbons (Fsp3) is 0.312. The average Bonchev–Trinajstić information content (AvgIpc) is 2.72. The predicted octanol–water partition coefficient (Wildman–Crippen LogP) is 2.67. The molecule has 104 valence electrons. The minimum absolute atomic E-state index is 0.0892. The maximum atomic E-state index is 12.0. The number of benzene rings is 1. The minimum atomic E-state index is -0.974. The van der Waals surface area contributed by atoms with Crippen molar-refractivity contribution in [1.82, 2.24) is 0 Å². The van der Waals surface area contributed by atoms with Gasteiger partial charge in [0.15, 0.2) is 5.60 Å². The van der Waals surface area contributed by atoms with E-state index in [0.717, 1.165) is 5.56 Å². The number of amides is 1. The number of allylic oxidation sites excluding steroid dienone is 1. The van der Waals surface area contributed by atoms with Crippen molar-refractivity contribution in [2.24, 2.45) is 4.99 Å². The molecule has 1 aromatic carbocycles. The van der Waals surface area contributed by atoms with Crippen molar-refractivity contribution in [3.05, 3.63) is 48.0 Å². The molecule has 0 saturated heterocycles. The van der Waals surface area contributed by atoms with Crippen LogP contribution in [-0.2, 0) is 14.3 Å². The molecule has 0 fully saturated rings. The summed E-state index contributed by atoms with van der Waals surface area (Å²) in [5, 5.41) is 0. The first kappa shape index (κ1) is 14.2. The maximum absolute atomic E-state index is 12.0. The number of aliphatic imine (C=N–C) groups is 1. The van der Waals surface area contributed by atoms with E-state index in [-0.39, 0.29) is 11.7 Å². The van der Waals surface area contributed by atoms with Crippen LogP contribution in [0.2, 0.25) is 0 Å². The van der Waals surface area contributed by atoms with Gasteiger partial charge >= 0.3 is 0 Å². The zero-order valence-corrected chi connectivity index (χ0v) is 11.6. The lowest BCUT2D eigenvalue weighted by atomic mass is 10.0. The van der Waals surface area contributed by atoms with Crippen molar-refractivity contribution in [2.45, 2.75) is 32.3 Å². The Morgan fingerprint density at radius 1 is 1.30 bits per heavy atom. The molecule has 4 heteroatoms. The van der Waals surface area contributed by atoms with E-state index < -0.39 is 5.60 Å². The van der Waals surface area contributed by atoms with Crippen LogP contribution in [0.15, 0.2) is 47.5 Å². The van der Waals surface area contributed by atoms with Crippen LogP contribution in [0.4, 0.5) is 0 Å². The molecule has 0 radical (unpaired) electrons. The van der Waals surface area contributed by atoms with Crippen molar-refractivity contribution < 1.29 is 14.3 Å². The van der Waals surface area contributed by atoms with Gasteiger partial charge in [0.2, 0.25) is 5.90 Å². The van der Waals surface area contributed by atoms with Crippen molar-refractivity contribution in [3.63, 3.8) is 0 Å². The van der Waals surface area contributed by atoms with Crippen LogP contribution in [0.25, 0.3) is 0 Å². The topological polar surface area (TPSA) is 55.7 Å². The molecule has 1 aromatic rings. The first-order chi connectivity index (χ1) is 9.51. The number of rotatable bonds is 5. The van der Waals surface area contributed by atoms with Gasteiger partial charge in [0, 0.05) is 18.4 Å². The summed E-state index contributed by atoms with van der Waals surface area (Å²) >= 11 is 0. The molecule has 1 heterocycles. The van der Waals surface area contributed by atoms with Crippen molar-refractivity contribution >= 4 is 17.6 Å². The van der Waals surface area contributed by atoms with Gasteiger partial charge in [-0.2, -0.15) is 4.99 Å². The molecule has 1 aliphatic rings. The van der Waals surface area contributed by atoms with Gasteiger partial charge < -0.3 is 4.74 Å². The Labute approximate surface area is 118 Å². The fourth-order valence-electron chi connectivity index (χ4n) is 1.88. The molecule has 1 amide bonds. The smallest absolute Gasteiger partial charge is 0.293 e. The van der Waals surface area contributed by atoms with Gasteiger partial charge in [-0.1, -0.05) is 30.4 Å². The third-order valence-electron chi connectivity index (χ3n) is 3.08. The molecule has 4 nitrogen and oxygen atoms in total. The number of Topliss-reactive ketones (excluding diaryl/α,β-unsaturated/α-hetero) is 1. The van der Waals surface area contributed by atoms with Gasteiger partial charge in [-0.15, -0.1) is 0 Å². The molecule has 0 N–H and O–H groups in total. The molecule has 1 aliphatic heterocycles. The number of hydrogen-bond acceptors (Lipinski definition) is 3. The highest BCUT2D eigenvalue weighted by Gasteiger charge is 2.41. The van der Waals surface area contributed by atoms with Crippen LogP contribution in [0.5, 0.6) is 0 Å². The Hall–Kier alpha value is -2.23. The van der Waals surface area contributed by atoms with Gasteiger partial charge in [0.1, 0.15) is 5.78 Å². The third kappa shape index (κ3) is 3.20. The average molecular weight is 271 g/mol. The zero-order valence-electron chi connectivity index (χ0n) is 11.6. The molecular formula is C16H17NO3. The molecule has 0 saturated carbocycles. The molecule has 0 unspecified atom stereocenters. The first-order valence-corrected chi connectivity index (χ1v) is 6.53. The summed E-state index contributed by atoms with van der Waals surface area (Å²) in [6.07, 6.45) is 4.32. The molecule has 0 aromatic heterocycles. The number of ketones is 1. The lowest BCUT2D eigenvalue weighted by Gasteiger charge is -2.19. The summed E-state index contributed by atoms with van der Waals surface area (Å²) in [6, 6.07) is 9.33. The number of ether oxygens (including phenoxy) is 1. The minimum Gasteiger partial charge on any atom is -0.460 e. The molecule has 0 spiro atoms. The Kier molecular flexibility index (Phi) is 4.13. The molecular weight excluding hydrogens is 254 g/mol. The highest BCUT2D eigenvalue weighted by molar-refractivity contribution is 6.09. The predicted molar refractivity (Wildman–Crippen MR) is 76.5 cm³/mol. The van der Waals surface area contributed by atoms with Gasteiger partial charge in [0.05, 0.1) is 0 Å². The highest BCUT2D eigenvalue weighted by Crippen LogP contribution is 2.26. The van der Waals surface area contributed by atoms with E-state index in [4.69, 9.17) is 4.74 Å². The van der Waals surface area contributed by atoms with E-state index in [1.807, 2.05) is 30.3 Å². The monoisotopic (exact) mass is 271 g/mol. The van der Waals surface area contributed by atoms with Crippen molar-refractivity contribution in [1.29, 1.82) is 0 Å². The summed E-state index contributed by atoms with van der Waals surface area (Å²) in [4.78, 5) is 26.8. The van der Waals surface area contributed by atoms with Crippen molar-refractivity contribution in [3.8, 4) is 0 Å². The largest absolute Gasteiger partial charge is 0.460 e. The van der Waals surface area contributed by atoms with E-state index in [2.05, 4.69) is 4.99 Å². The lowest BCUT2D eigenvalue weighted by molar-refractivity contribution is -0.129. The molecule has 0 aliphatic carbocycles. The lowest BCUT2D eigenvalue weighted by Crippen LogP contribution is -2.33. The Morgan fingerprint density at radius 2 is 2.00 bits per heavy atom. The molecule has 20 heavy (non-hydrogen) atoms. The maximum Gasteiger partial charge on any atom is 0.293 e. The van der Waals surface area contributed by atoms with Gasteiger partial charge in [0.25, 0.3) is 5.91 Å². The van der Waals surface area contributed by atoms with E-state index in [9.17, 15) is 9.59 Å². The standard InChI is InChI=1S/C16H17NO3/c1-12(18)8-6-7-11-16(2)15(19)17-14(20-16)13-9-4-3-5-10-13/h3-7,9-10H,8,11H2,1-2H3/b7-6+/t16-/m1/s1. The fourth-order valence-corrected chi connectivity index (χ4v) is 1.88. The number of nitrogens with zero attached hydrogens (tertiary/aromatic N) is 1. The van der Waals surface area contributed by atoms with Gasteiger partial charge in [-0.25, -0.2) is 0 Å². The highest BCUT2D eigenvalue weighted by atomic mass is 16.5. The van der Waals surface area contributed by atoms with Crippen LogP contribution in [0.1, 0.15) is 32.3 Å². The van der Waals surface area contributed by atoms with E-state index in [1.165, 1.54) is 6.92 Å². The number of hydrogen-bond donors (Lipinski definition) is 0. The van der Waals surface area contributed by atoms with Gasteiger partial charge in [-0.3, -0.25) is 9.59 Å². The van der Waals surface area contributed by atoms with Crippen LogP contribution in [0.3, 0.4) is 0 Å². The quantitative estimate of drug-likeness (QED) is 0.774. The Balaban J connectivity index is 2.04. The molecule has 2 rings (SSSR count). The first-order valence-electron chi connectivity index (χ1n) is 6.53. The molecule has 0 bridgehead atoms. The summed E-state index contributed by atoms with van der Waals surface area (Å²) < 4.78 is 5.72.